The van der Waals surface area contributed by atoms with Crippen LogP contribution < -0.4 is 9.70 Å². The Labute approximate surface area is 197 Å². The second kappa shape index (κ2) is 8.93. The topological polar surface area (TPSA) is 37.6 Å². The number of nitrogens with zero attached hydrogens (tertiary/aromatic N) is 3. The largest absolute Gasteiger partial charge is 0.416 e. The first kappa shape index (κ1) is 24.0. The summed E-state index contributed by atoms with van der Waals surface area (Å²) in [5, 5.41) is 0. The van der Waals surface area contributed by atoms with Crippen molar-refractivity contribution in [2.24, 2.45) is 10.9 Å². The van der Waals surface area contributed by atoms with E-state index >= 15 is 0 Å². The Kier molecular flexibility index (Phi) is 6.51. The summed E-state index contributed by atoms with van der Waals surface area (Å²) in [5.41, 5.74) is 0.755. The number of piperidine rings is 1. The molecule has 33 heavy (non-hydrogen) atoms. The van der Waals surface area contributed by atoms with Crippen LogP contribution in [0.25, 0.3) is 0 Å². The van der Waals surface area contributed by atoms with Crippen LogP contribution >= 0.6 is 11.3 Å². The van der Waals surface area contributed by atoms with Crippen LogP contribution in [0.15, 0.2) is 23.2 Å². The van der Waals surface area contributed by atoms with E-state index in [0.29, 0.717) is 16.4 Å². The highest BCUT2D eigenvalue weighted by Gasteiger charge is 2.33. The summed E-state index contributed by atoms with van der Waals surface area (Å²) in [6.07, 6.45) is 0.829. The molecule has 0 spiro atoms. The number of anilines is 1. The first-order valence-electron chi connectivity index (χ1n) is 11.7. The smallest absolute Gasteiger partial charge is 0.371 e. The second-order valence-corrected chi connectivity index (χ2v) is 11.3. The van der Waals surface area contributed by atoms with Gasteiger partial charge in [-0.05, 0) is 68.6 Å². The molecule has 4 nitrogen and oxygen atoms in total. The molecule has 2 fully saturated rings. The third kappa shape index (κ3) is 5.36. The van der Waals surface area contributed by atoms with E-state index in [0.717, 1.165) is 74.4 Å². The van der Waals surface area contributed by atoms with Crippen molar-refractivity contribution in [2.75, 3.05) is 18.0 Å². The molecule has 1 aromatic heterocycles. The van der Waals surface area contributed by atoms with Crippen LogP contribution in [0.2, 0.25) is 0 Å². The molecule has 0 unspecified atom stereocenters. The van der Waals surface area contributed by atoms with Gasteiger partial charge in [-0.1, -0.05) is 20.8 Å². The molecule has 2 heterocycles. The summed E-state index contributed by atoms with van der Waals surface area (Å²) in [6.45, 7) is 10.7. The van der Waals surface area contributed by atoms with Gasteiger partial charge in [-0.3, -0.25) is 4.79 Å². The van der Waals surface area contributed by atoms with E-state index in [2.05, 4.69) is 30.3 Å². The van der Waals surface area contributed by atoms with Crippen molar-refractivity contribution in [3.8, 4) is 0 Å². The highest BCUT2D eigenvalue weighted by Crippen LogP contribution is 2.35. The van der Waals surface area contributed by atoms with Crippen molar-refractivity contribution in [3.05, 3.63) is 44.7 Å². The summed E-state index contributed by atoms with van der Waals surface area (Å²) in [5.74, 6) is -0.0226. The molecular weight excluding hydrogens is 447 g/mol. The van der Waals surface area contributed by atoms with Crippen LogP contribution in [-0.2, 0) is 18.1 Å². The summed E-state index contributed by atoms with van der Waals surface area (Å²) < 4.78 is 42.5. The Morgan fingerprint density at radius 3 is 2.36 bits per heavy atom. The third-order valence-corrected chi connectivity index (χ3v) is 8.03. The lowest BCUT2D eigenvalue weighted by Crippen LogP contribution is -2.31. The molecule has 180 valence electrons. The number of halogens is 3. The van der Waals surface area contributed by atoms with E-state index in [4.69, 9.17) is 0 Å². The van der Waals surface area contributed by atoms with Crippen molar-refractivity contribution < 1.29 is 18.0 Å². The number of hydrogen-bond donors (Lipinski definition) is 0. The molecule has 0 radical (unpaired) electrons. The molecule has 1 aliphatic heterocycles. The van der Waals surface area contributed by atoms with Gasteiger partial charge in [0.15, 0.2) is 4.80 Å². The van der Waals surface area contributed by atoms with Crippen molar-refractivity contribution in [3.63, 3.8) is 0 Å². The fourth-order valence-corrected chi connectivity index (χ4v) is 5.68. The van der Waals surface area contributed by atoms with Gasteiger partial charge in [0.1, 0.15) is 0 Å². The van der Waals surface area contributed by atoms with E-state index in [9.17, 15) is 18.0 Å². The van der Waals surface area contributed by atoms with Gasteiger partial charge in [-0.15, -0.1) is 11.3 Å². The summed E-state index contributed by atoms with van der Waals surface area (Å²) in [4.78, 5) is 21.6. The molecule has 0 N–H and O–H groups in total. The monoisotopic (exact) mass is 479 g/mol. The average molecular weight is 480 g/mol. The SMILES string of the molecule is Cc1c(C(C)(C)C)s/c(=N\C(=O)c2cc(C(F)(F)F)ccc2N2CCCCC2)n1CC1CC1. The predicted octanol–water partition coefficient (Wildman–Crippen LogP) is 6.32. The van der Waals surface area contributed by atoms with E-state index in [-0.39, 0.29) is 11.0 Å². The maximum absolute atomic E-state index is 13.5. The van der Waals surface area contributed by atoms with Crippen LogP contribution in [-0.4, -0.2) is 23.6 Å². The van der Waals surface area contributed by atoms with Crippen molar-refractivity contribution in [2.45, 2.75) is 77.9 Å². The number of hydrogen-bond acceptors (Lipinski definition) is 3. The van der Waals surface area contributed by atoms with E-state index in [1.165, 1.54) is 17.4 Å². The minimum atomic E-state index is -4.51. The number of carbonyl (C=O) groups is 1. The van der Waals surface area contributed by atoms with Gasteiger partial charge < -0.3 is 9.47 Å². The zero-order chi connectivity index (χ0) is 24.0. The van der Waals surface area contributed by atoms with Crippen LogP contribution in [0, 0.1) is 12.8 Å². The van der Waals surface area contributed by atoms with Crippen LogP contribution in [0.3, 0.4) is 0 Å². The lowest BCUT2D eigenvalue weighted by Gasteiger charge is -2.30. The Balaban J connectivity index is 1.81. The fraction of sp³-hybridized carbons (Fsp3) is 0.600. The Morgan fingerprint density at radius 2 is 1.79 bits per heavy atom. The van der Waals surface area contributed by atoms with Crippen molar-refractivity contribution >= 4 is 22.9 Å². The number of aromatic nitrogens is 1. The average Bonchev–Trinajstić information content (AvgIpc) is 3.52. The van der Waals surface area contributed by atoms with Gasteiger partial charge in [0.25, 0.3) is 5.91 Å². The molecule has 1 amide bonds. The Hall–Kier alpha value is -2.09. The van der Waals surface area contributed by atoms with E-state index < -0.39 is 17.6 Å². The molecule has 1 aromatic carbocycles. The first-order chi connectivity index (χ1) is 15.4. The molecule has 1 saturated heterocycles. The maximum Gasteiger partial charge on any atom is 0.416 e. The molecule has 2 aromatic rings. The molecule has 8 heteroatoms. The number of amides is 1. The summed E-state index contributed by atoms with van der Waals surface area (Å²) >= 11 is 1.48. The van der Waals surface area contributed by atoms with Crippen molar-refractivity contribution in [1.29, 1.82) is 0 Å². The standard InChI is InChI=1S/C25H32F3N3OS/c1-16-21(24(2,3)4)33-23(31(16)15-17-8-9-17)29-22(32)19-14-18(25(26,27)28)10-11-20(19)30-12-6-5-7-13-30/h10-11,14,17H,5-9,12-13,15H2,1-4H3/b29-23-. The molecule has 4 rings (SSSR count). The zero-order valence-electron chi connectivity index (χ0n) is 19.8. The third-order valence-electron chi connectivity index (χ3n) is 6.42. The summed E-state index contributed by atoms with van der Waals surface area (Å²) in [6, 6.07) is 3.49. The molecular formula is C25H32F3N3OS. The quantitative estimate of drug-likeness (QED) is 0.515. The van der Waals surface area contributed by atoms with Gasteiger partial charge in [0, 0.05) is 35.9 Å². The molecule has 1 saturated carbocycles. The van der Waals surface area contributed by atoms with Gasteiger partial charge in [-0.25, -0.2) is 0 Å². The number of benzene rings is 1. The van der Waals surface area contributed by atoms with Gasteiger partial charge in [0.05, 0.1) is 11.1 Å². The number of rotatable bonds is 4. The predicted molar refractivity (Wildman–Crippen MR) is 126 cm³/mol. The van der Waals surface area contributed by atoms with Gasteiger partial charge in [-0.2, -0.15) is 18.2 Å². The molecule has 0 bridgehead atoms. The fourth-order valence-electron chi connectivity index (χ4n) is 4.48. The van der Waals surface area contributed by atoms with Crippen LogP contribution in [0.4, 0.5) is 18.9 Å². The maximum atomic E-state index is 13.5. The molecule has 0 atom stereocenters. The molecule has 2 aliphatic rings. The van der Waals surface area contributed by atoms with Crippen molar-refractivity contribution in [1.82, 2.24) is 4.57 Å². The highest BCUT2D eigenvalue weighted by atomic mass is 32.1. The zero-order valence-corrected chi connectivity index (χ0v) is 20.6. The molecule has 1 aliphatic carbocycles. The number of alkyl halides is 3. The van der Waals surface area contributed by atoms with E-state index in [1.807, 2.05) is 11.8 Å². The van der Waals surface area contributed by atoms with E-state index in [1.54, 1.807) is 0 Å². The number of thiazole rings is 1. The summed E-state index contributed by atoms with van der Waals surface area (Å²) in [7, 11) is 0. The highest BCUT2D eigenvalue weighted by molar-refractivity contribution is 7.09. The first-order valence-corrected chi connectivity index (χ1v) is 12.5. The lowest BCUT2D eigenvalue weighted by atomic mass is 9.93. The minimum absolute atomic E-state index is 0.0352. The second-order valence-electron chi connectivity index (χ2n) is 10.3. The van der Waals surface area contributed by atoms with Crippen LogP contribution in [0.1, 0.15) is 79.4 Å². The minimum Gasteiger partial charge on any atom is -0.371 e. The van der Waals surface area contributed by atoms with Gasteiger partial charge in [0.2, 0.25) is 0 Å². The number of carbonyl (C=O) groups excluding carboxylic acids is 1. The Bertz CT molecular complexity index is 1100. The normalized spacial score (nSPS) is 18.2. The lowest BCUT2D eigenvalue weighted by molar-refractivity contribution is -0.137. The Morgan fingerprint density at radius 1 is 1.12 bits per heavy atom. The van der Waals surface area contributed by atoms with Gasteiger partial charge >= 0.3 is 6.18 Å². The van der Waals surface area contributed by atoms with Crippen LogP contribution in [0.5, 0.6) is 0 Å².